The van der Waals surface area contributed by atoms with Crippen LogP contribution in [0, 0.1) is 0 Å². The molecule has 0 aliphatic heterocycles. The minimum Gasteiger partial charge on any atom is -0.497 e. The van der Waals surface area contributed by atoms with Gasteiger partial charge >= 0.3 is 0 Å². The van der Waals surface area contributed by atoms with E-state index in [1.165, 1.54) is 6.42 Å². The summed E-state index contributed by atoms with van der Waals surface area (Å²) in [5.74, 6) is 0.768. The summed E-state index contributed by atoms with van der Waals surface area (Å²) in [5, 5.41) is 10.4. The van der Waals surface area contributed by atoms with Gasteiger partial charge in [-0.3, -0.25) is 0 Å². The van der Waals surface area contributed by atoms with Crippen molar-refractivity contribution in [3.8, 4) is 5.75 Å². The minimum absolute atomic E-state index is 0.768. The fourth-order valence-electron chi connectivity index (χ4n) is 1.67. The maximum absolute atomic E-state index is 10.4. The van der Waals surface area contributed by atoms with E-state index < -0.39 is 5.60 Å². The summed E-state index contributed by atoms with van der Waals surface area (Å²) in [4.78, 5) is 0. The van der Waals surface area contributed by atoms with Crippen LogP contribution in [0.1, 0.15) is 38.7 Å². The molecule has 1 aromatic rings. The number of allylic oxidation sites excluding steroid dienone is 1. The van der Waals surface area contributed by atoms with E-state index >= 15 is 0 Å². The van der Waals surface area contributed by atoms with Crippen LogP contribution in [0.25, 0.3) is 0 Å². The Morgan fingerprint density at radius 1 is 1.41 bits per heavy atom. The third-order valence-corrected chi connectivity index (χ3v) is 2.82. The van der Waals surface area contributed by atoms with Gasteiger partial charge in [-0.15, -0.1) is 0 Å². The van der Waals surface area contributed by atoms with Crippen molar-refractivity contribution in [2.45, 2.75) is 38.7 Å². The molecule has 2 heteroatoms. The van der Waals surface area contributed by atoms with Gasteiger partial charge in [-0.05, 0) is 31.0 Å². The summed E-state index contributed by atoms with van der Waals surface area (Å²) in [6.45, 7) is 3.96. The summed E-state index contributed by atoms with van der Waals surface area (Å²) in [6.07, 6.45) is 7.24. The lowest BCUT2D eigenvalue weighted by Gasteiger charge is -2.20. The lowest BCUT2D eigenvalue weighted by molar-refractivity contribution is 0.110. The van der Waals surface area contributed by atoms with E-state index in [0.29, 0.717) is 0 Å². The Bertz CT molecular complexity index is 367. The molecule has 94 valence electrons. The molecular weight excluding hydrogens is 212 g/mol. The molecule has 0 fully saturated rings. The fraction of sp³-hybridized carbons (Fsp3) is 0.467. The predicted octanol–water partition coefficient (Wildman–Crippen LogP) is 3.65. The number of hydrogen-bond donors (Lipinski definition) is 1. The summed E-state index contributed by atoms with van der Waals surface area (Å²) in [6, 6.07) is 7.54. The number of aliphatic hydroxyl groups is 1. The van der Waals surface area contributed by atoms with E-state index in [1.54, 1.807) is 14.0 Å². The summed E-state index contributed by atoms with van der Waals surface area (Å²) < 4.78 is 5.16. The largest absolute Gasteiger partial charge is 0.497 e. The number of rotatable bonds is 6. The third kappa shape index (κ3) is 4.23. The van der Waals surface area contributed by atoms with Crippen molar-refractivity contribution in [2.75, 3.05) is 7.11 Å². The van der Waals surface area contributed by atoms with Gasteiger partial charge in [0.1, 0.15) is 11.4 Å². The van der Waals surface area contributed by atoms with E-state index in [1.807, 2.05) is 36.4 Å². The quantitative estimate of drug-likeness (QED) is 0.601. The molecule has 0 saturated carbocycles. The molecule has 0 spiro atoms. The molecular formula is C15H22O2. The average molecular weight is 234 g/mol. The predicted molar refractivity (Wildman–Crippen MR) is 71.2 cm³/mol. The standard InChI is InChI=1S/C15H22O2/c1-4-5-6-7-11-15(2,16)13-9-8-10-14(12-13)17-3/h7-12,16H,4-6H2,1-3H3/b11-7+. The molecule has 1 atom stereocenters. The SMILES string of the molecule is CCCC/C=C/C(C)(O)c1cccc(OC)c1. The van der Waals surface area contributed by atoms with Gasteiger partial charge in [-0.1, -0.05) is 44.1 Å². The average Bonchev–Trinajstić information content (AvgIpc) is 2.35. The van der Waals surface area contributed by atoms with Crippen molar-refractivity contribution in [1.29, 1.82) is 0 Å². The topological polar surface area (TPSA) is 29.5 Å². The first kappa shape index (κ1) is 13.8. The molecule has 0 amide bonds. The van der Waals surface area contributed by atoms with Gasteiger partial charge in [0.15, 0.2) is 0 Å². The van der Waals surface area contributed by atoms with Crippen LogP contribution in [0.2, 0.25) is 0 Å². The first-order valence-corrected chi connectivity index (χ1v) is 6.14. The van der Waals surface area contributed by atoms with Crippen LogP contribution in [-0.2, 0) is 5.60 Å². The van der Waals surface area contributed by atoms with Crippen LogP contribution >= 0.6 is 0 Å². The Balaban J connectivity index is 2.77. The van der Waals surface area contributed by atoms with Crippen LogP contribution in [-0.4, -0.2) is 12.2 Å². The zero-order valence-electron chi connectivity index (χ0n) is 10.9. The number of methoxy groups -OCH3 is 1. The molecule has 0 aromatic heterocycles. The van der Waals surface area contributed by atoms with Crippen LogP contribution in [0.4, 0.5) is 0 Å². The van der Waals surface area contributed by atoms with Crippen molar-refractivity contribution in [2.24, 2.45) is 0 Å². The highest BCUT2D eigenvalue weighted by molar-refractivity contribution is 5.34. The van der Waals surface area contributed by atoms with E-state index in [-0.39, 0.29) is 0 Å². The first-order chi connectivity index (χ1) is 8.10. The number of ether oxygens (including phenoxy) is 1. The summed E-state index contributed by atoms with van der Waals surface area (Å²) >= 11 is 0. The van der Waals surface area contributed by atoms with E-state index in [4.69, 9.17) is 4.74 Å². The van der Waals surface area contributed by atoms with E-state index in [0.717, 1.165) is 24.2 Å². The maximum Gasteiger partial charge on any atom is 0.119 e. The second-order valence-electron chi connectivity index (χ2n) is 4.42. The summed E-state index contributed by atoms with van der Waals surface area (Å²) in [7, 11) is 1.63. The molecule has 0 bridgehead atoms. The molecule has 1 unspecified atom stereocenters. The molecule has 0 heterocycles. The highest BCUT2D eigenvalue weighted by atomic mass is 16.5. The molecule has 0 saturated heterocycles. The van der Waals surface area contributed by atoms with Gasteiger partial charge in [0.25, 0.3) is 0 Å². The number of benzene rings is 1. The molecule has 1 N–H and O–H groups in total. The Hall–Kier alpha value is -1.28. The number of hydrogen-bond acceptors (Lipinski definition) is 2. The first-order valence-electron chi connectivity index (χ1n) is 6.14. The Labute approximate surface area is 104 Å². The van der Waals surface area contributed by atoms with Gasteiger partial charge in [-0.25, -0.2) is 0 Å². The van der Waals surface area contributed by atoms with E-state index in [2.05, 4.69) is 6.92 Å². The second-order valence-corrected chi connectivity index (χ2v) is 4.42. The van der Waals surface area contributed by atoms with Gasteiger partial charge in [0.2, 0.25) is 0 Å². The van der Waals surface area contributed by atoms with Crippen LogP contribution < -0.4 is 4.74 Å². The highest BCUT2D eigenvalue weighted by Gasteiger charge is 2.19. The fourth-order valence-corrected chi connectivity index (χ4v) is 1.67. The lowest BCUT2D eigenvalue weighted by atomic mass is 9.95. The maximum atomic E-state index is 10.4. The van der Waals surface area contributed by atoms with E-state index in [9.17, 15) is 5.11 Å². The van der Waals surface area contributed by atoms with Gasteiger partial charge < -0.3 is 9.84 Å². The number of unbranched alkanes of at least 4 members (excludes halogenated alkanes) is 2. The van der Waals surface area contributed by atoms with Gasteiger partial charge in [0.05, 0.1) is 7.11 Å². The summed E-state index contributed by atoms with van der Waals surface area (Å²) in [5.41, 5.74) is -0.0768. The minimum atomic E-state index is -0.928. The van der Waals surface area contributed by atoms with Crippen molar-refractivity contribution in [3.05, 3.63) is 42.0 Å². The van der Waals surface area contributed by atoms with Crippen LogP contribution in [0.5, 0.6) is 5.75 Å². The zero-order valence-corrected chi connectivity index (χ0v) is 10.9. The van der Waals surface area contributed by atoms with Crippen molar-refractivity contribution < 1.29 is 9.84 Å². The molecule has 1 aromatic carbocycles. The van der Waals surface area contributed by atoms with Gasteiger partial charge in [0, 0.05) is 0 Å². The smallest absolute Gasteiger partial charge is 0.119 e. The molecule has 0 aliphatic carbocycles. The Kier molecular flexibility index (Phi) is 5.23. The Morgan fingerprint density at radius 3 is 2.82 bits per heavy atom. The lowest BCUT2D eigenvalue weighted by Crippen LogP contribution is -2.17. The third-order valence-electron chi connectivity index (χ3n) is 2.82. The molecule has 1 rings (SSSR count). The second kappa shape index (κ2) is 6.45. The monoisotopic (exact) mass is 234 g/mol. The normalized spacial score (nSPS) is 14.8. The molecule has 0 radical (unpaired) electrons. The van der Waals surface area contributed by atoms with Crippen molar-refractivity contribution in [1.82, 2.24) is 0 Å². The van der Waals surface area contributed by atoms with Crippen LogP contribution in [0.15, 0.2) is 36.4 Å². The van der Waals surface area contributed by atoms with Gasteiger partial charge in [-0.2, -0.15) is 0 Å². The molecule has 2 nitrogen and oxygen atoms in total. The van der Waals surface area contributed by atoms with Crippen LogP contribution in [0.3, 0.4) is 0 Å². The zero-order chi connectivity index (χ0) is 12.7. The van der Waals surface area contributed by atoms with Crippen molar-refractivity contribution >= 4 is 0 Å². The molecule has 0 aliphatic rings. The van der Waals surface area contributed by atoms with Crippen molar-refractivity contribution in [3.63, 3.8) is 0 Å². The highest BCUT2D eigenvalue weighted by Crippen LogP contribution is 2.25. The molecule has 17 heavy (non-hydrogen) atoms. The Morgan fingerprint density at radius 2 is 2.18 bits per heavy atom.